The molecule has 0 aliphatic heterocycles. The highest BCUT2D eigenvalue weighted by molar-refractivity contribution is 14.1. The molecule has 0 aromatic carbocycles. The monoisotopic (exact) mass is 283 g/mol. The summed E-state index contributed by atoms with van der Waals surface area (Å²) in [5.74, 6) is 0.214. The highest BCUT2D eigenvalue weighted by Gasteiger charge is 2.07. The van der Waals surface area contributed by atoms with Crippen LogP contribution in [0, 0.1) is 0 Å². The molecule has 1 unspecified atom stereocenters. The van der Waals surface area contributed by atoms with Gasteiger partial charge in [-0.25, -0.2) is 0 Å². The van der Waals surface area contributed by atoms with Gasteiger partial charge in [-0.1, -0.05) is 22.6 Å². The topological polar surface area (TPSA) is 46.2 Å². The molecule has 0 aromatic heterocycles. The van der Waals surface area contributed by atoms with E-state index in [1.165, 1.54) is 6.92 Å². The zero-order valence-electron chi connectivity index (χ0n) is 7.39. The SMILES string of the molecule is CC(=O)NCCCC(=O)C(C)I. The molecule has 0 aliphatic rings. The van der Waals surface area contributed by atoms with Gasteiger partial charge in [-0.15, -0.1) is 0 Å². The second-order valence-electron chi connectivity index (χ2n) is 2.67. The van der Waals surface area contributed by atoms with Gasteiger partial charge in [0.2, 0.25) is 5.91 Å². The third kappa shape index (κ3) is 6.57. The summed E-state index contributed by atoms with van der Waals surface area (Å²) in [6, 6.07) is 0. The van der Waals surface area contributed by atoms with Crippen molar-refractivity contribution in [2.75, 3.05) is 6.54 Å². The number of ketones is 1. The quantitative estimate of drug-likeness (QED) is 0.469. The molecule has 12 heavy (non-hydrogen) atoms. The lowest BCUT2D eigenvalue weighted by molar-refractivity contribution is -0.120. The van der Waals surface area contributed by atoms with Crippen molar-refractivity contribution in [1.29, 1.82) is 0 Å². The second-order valence-corrected chi connectivity index (χ2v) is 4.54. The molecular weight excluding hydrogens is 269 g/mol. The highest BCUT2D eigenvalue weighted by atomic mass is 127. The van der Waals surface area contributed by atoms with E-state index in [0.29, 0.717) is 13.0 Å². The average Bonchev–Trinajstić information content (AvgIpc) is 1.97. The van der Waals surface area contributed by atoms with Gasteiger partial charge in [0.1, 0.15) is 5.78 Å². The summed E-state index contributed by atoms with van der Waals surface area (Å²) in [5, 5.41) is 2.65. The van der Waals surface area contributed by atoms with Crippen molar-refractivity contribution < 1.29 is 9.59 Å². The first-order valence-electron chi connectivity index (χ1n) is 3.95. The molecule has 0 spiro atoms. The van der Waals surface area contributed by atoms with Crippen molar-refractivity contribution in [3.05, 3.63) is 0 Å². The number of carbonyl (C=O) groups excluding carboxylic acids is 2. The minimum atomic E-state index is -0.0371. The fourth-order valence-corrected chi connectivity index (χ4v) is 1.04. The van der Waals surface area contributed by atoms with E-state index in [2.05, 4.69) is 27.9 Å². The molecule has 0 heterocycles. The van der Waals surface area contributed by atoms with Gasteiger partial charge < -0.3 is 5.32 Å². The summed E-state index contributed by atoms with van der Waals surface area (Å²) in [5.41, 5.74) is 0. The first kappa shape index (κ1) is 11.9. The summed E-state index contributed by atoms with van der Waals surface area (Å²) in [6.45, 7) is 3.95. The summed E-state index contributed by atoms with van der Waals surface area (Å²) in [6.07, 6.45) is 1.30. The van der Waals surface area contributed by atoms with Gasteiger partial charge >= 0.3 is 0 Å². The number of alkyl halides is 1. The smallest absolute Gasteiger partial charge is 0.216 e. The largest absolute Gasteiger partial charge is 0.356 e. The maximum atomic E-state index is 11.1. The zero-order valence-corrected chi connectivity index (χ0v) is 9.55. The van der Waals surface area contributed by atoms with E-state index in [9.17, 15) is 9.59 Å². The fraction of sp³-hybridized carbons (Fsp3) is 0.750. The molecule has 4 heteroatoms. The van der Waals surface area contributed by atoms with Crippen LogP contribution in [0.3, 0.4) is 0 Å². The molecule has 1 amide bonds. The Labute approximate surface area is 86.4 Å². The second kappa shape index (κ2) is 6.39. The number of halogens is 1. The Morgan fingerprint density at radius 3 is 2.50 bits per heavy atom. The first-order valence-corrected chi connectivity index (χ1v) is 5.20. The summed E-state index contributed by atoms with van der Waals surface area (Å²) >= 11 is 2.10. The van der Waals surface area contributed by atoms with E-state index in [4.69, 9.17) is 0 Å². The van der Waals surface area contributed by atoms with E-state index in [1.807, 2.05) is 6.92 Å². The molecule has 0 saturated carbocycles. The van der Waals surface area contributed by atoms with Gasteiger partial charge in [-0.05, 0) is 13.3 Å². The maximum Gasteiger partial charge on any atom is 0.216 e. The Morgan fingerprint density at radius 1 is 1.50 bits per heavy atom. The molecule has 0 fully saturated rings. The van der Waals surface area contributed by atoms with Gasteiger partial charge in [0.05, 0.1) is 3.92 Å². The Balaban J connectivity index is 3.32. The lowest BCUT2D eigenvalue weighted by atomic mass is 10.2. The third-order valence-corrected chi connectivity index (χ3v) is 2.11. The van der Waals surface area contributed by atoms with Crippen molar-refractivity contribution in [2.45, 2.75) is 30.6 Å². The molecule has 0 saturated heterocycles. The predicted octanol–water partition coefficient (Wildman–Crippen LogP) is 1.30. The molecule has 0 aliphatic carbocycles. The van der Waals surface area contributed by atoms with Crippen LogP contribution in [-0.4, -0.2) is 22.2 Å². The number of nitrogens with one attached hydrogen (secondary N) is 1. The zero-order chi connectivity index (χ0) is 9.56. The molecule has 0 rings (SSSR count). The van der Waals surface area contributed by atoms with Crippen LogP contribution in [0.2, 0.25) is 0 Å². The van der Waals surface area contributed by atoms with Crippen molar-refractivity contribution in [3.8, 4) is 0 Å². The Morgan fingerprint density at radius 2 is 2.08 bits per heavy atom. The van der Waals surface area contributed by atoms with Gasteiger partial charge in [-0.3, -0.25) is 9.59 Å². The van der Waals surface area contributed by atoms with Crippen molar-refractivity contribution in [2.24, 2.45) is 0 Å². The van der Waals surface area contributed by atoms with E-state index >= 15 is 0 Å². The van der Waals surface area contributed by atoms with Crippen molar-refractivity contribution >= 4 is 34.3 Å². The van der Waals surface area contributed by atoms with E-state index < -0.39 is 0 Å². The van der Waals surface area contributed by atoms with Gasteiger partial charge in [0.25, 0.3) is 0 Å². The fourth-order valence-electron chi connectivity index (χ4n) is 0.726. The summed E-state index contributed by atoms with van der Waals surface area (Å²) in [4.78, 5) is 21.5. The molecule has 1 atom stereocenters. The van der Waals surface area contributed by atoms with Gasteiger partial charge in [-0.2, -0.15) is 0 Å². The Hall–Kier alpha value is -0.130. The maximum absolute atomic E-state index is 11.1. The molecule has 3 nitrogen and oxygen atoms in total. The van der Waals surface area contributed by atoms with Crippen LogP contribution in [0.1, 0.15) is 26.7 Å². The normalized spacial score (nSPS) is 12.2. The van der Waals surface area contributed by atoms with Crippen LogP contribution in [0.4, 0.5) is 0 Å². The molecule has 1 N–H and O–H groups in total. The van der Waals surface area contributed by atoms with Crippen molar-refractivity contribution in [3.63, 3.8) is 0 Å². The van der Waals surface area contributed by atoms with Crippen LogP contribution in [0.25, 0.3) is 0 Å². The number of carbonyl (C=O) groups is 2. The third-order valence-electron chi connectivity index (χ3n) is 1.42. The first-order chi connectivity index (χ1) is 5.54. The minimum Gasteiger partial charge on any atom is -0.356 e. The Kier molecular flexibility index (Phi) is 6.32. The van der Waals surface area contributed by atoms with E-state index in [1.54, 1.807) is 0 Å². The average molecular weight is 283 g/mol. The van der Waals surface area contributed by atoms with Crippen LogP contribution in [0.5, 0.6) is 0 Å². The lowest BCUT2D eigenvalue weighted by Crippen LogP contribution is -2.22. The molecule has 0 radical (unpaired) electrons. The minimum absolute atomic E-state index is 0.0371. The predicted molar refractivity (Wildman–Crippen MR) is 56.4 cm³/mol. The van der Waals surface area contributed by atoms with E-state index in [0.717, 1.165) is 6.42 Å². The Bertz CT molecular complexity index is 168. The van der Waals surface area contributed by atoms with Crippen molar-refractivity contribution in [1.82, 2.24) is 5.32 Å². The van der Waals surface area contributed by atoms with Gasteiger partial charge in [0.15, 0.2) is 0 Å². The number of hydrogen-bond acceptors (Lipinski definition) is 2. The molecular formula is C8H14INO2. The lowest BCUT2D eigenvalue weighted by Gasteiger charge is -2.02. The molecule has 0 bridgehead atoms. The van der Waals surface area contributed by atoms with Crippen LogP contribution < -0.4 is 5.32 Å². The number of hydrogen-bond donors (Lipinski definition) is 1. The molecule has 0 aromatic rings. The van der Waals surface area contributed by atoms with Crippen LogP contribution in [-0.2, 0) is 9.59 Å². The number of amides is 1. The number of Topliss-reactive ketones (excluding diaryl/α,β-unsaturated/α-hetero) is 1. The van der Waals surface area contributed by atoms with Gasteiger partial charge in [0, 0.05) is 19.9 Å². The van der Waals surface area contributed by atoms with Crippen LogP contribution >= 0.6 is 22.6 Å². The standard InChI is InChI=1S/C8H14INO2/c1-6(9)8(12)4-3-5-10-7(2)11/h6H,3-5H2,1-2H3,(H,10,11). The summed E-state index contributed by atoms with van der Waals surface area (Å²) in [7, 11) is 0. The highest BCUT2D eigenvalue weighted by Crippen LogP contribution is 2.04. The number of rotatable bonds is 5. The van der Waals surface area contributed by atoms with E-state index in [-0.39, 0.29) is 15.6 Å². The summed E-state index contributed by atoms with van der Waals surface area (Å²) < 4.78 is 0.0833. The van der Waals surface area contributed by atoms with Crippen LogP contribution in [0.15, 0.2) is 0 Å². The molecule has 70 valence electrons.